The number of aldehydes is 1. The average Bonchev–Trinajstić information content (AvgIpc) is 2.85. The summed E-state index contributed by atoms with van der Waals surface area (Å²) in [6, 6.07) is 5.10. The predicted octanol–water partition coefficient (Wildman–Crippen LogP) is 4.49. The molecule has 0 aliphatic carbocycles. The van der Waals surface area contributed by atoms with E-state index in [4.69, 9.17) is 16.3 Å². The minimum atomic E-state index is 0.0209. The molecule has 3 nitrogen and oxygen atoms in total. The molecule has 0 radical (unpaired) electrons. The van der Waals surface area contributed by atoms with E-state index < -0.39 is 0 Å². The lowest BCUT2D eigenvalue weighted by Crippen LogP contribution is -2.11. The van der Waals surface area contributed by atoms with E-state index in [1.54, 1.807) is 29.5 Å². The van der Waals surface area contributed by atoms with Crippen LogP contribution in [-0.2, 0) is 12.0 Å². The maximum Gasteiger partial charge on any atom is 0.153 e. The first-order chi connectivity index (χ1) is 9.41. The van der Waals surface area contributed by atoms with Crippen LogP contribution in [0.3, 0.4) is 0 Å². The van der Waals surface area contributed by atoms with Gasteiger partial charge in [-0.1, -0.05) is 38.4 Å². The Morgan fingerprint density at radius 2 is 2.15 bits per heavy atom. The van der Waals surface area contributed by atoms with Gasteiger partial charge in [0.25, 0.3) is 0 Å². The topological polar surface area (TPSA) is 39.2 Å². The first kappa shape index (κ1) is 15.0. The molecule has 1 heterocycles. The van der Waals surface area contributed by atoms with Crippen molar-refractivity contribution in [3.8, 4) is 5.75 Å². The molecule has 0 saturated heterocycles. The van der Waals surface area contributed by atoms with Crippen molar-refractivity contribution >= 4 is 29.2 Å². The second kappa shape index (κ2) is 5.94. The highest BCUT2D eigenvalue weighted by atomic mass is 35.5. The van der Waals surface area contributed by atoms with E-state index in [-0.39, 0.29) is 5.41 Å². The molecule has 2 rings (SSSR count). The van der Waals surface area contributed by atoms with Crippen LogP contribution in [-0.4, -0.2) is 11.3 Å². The van der Waals surface area contributed by atoms with Crippen LogP contribution in [0, 0.1) is 0 Å². The average molecular weight is 310 g/mol. The molecule has 5 heteroatoms. The maximum atomic E-state index is 11.0. The van der Waals surface area contributed by atoms with Gasteiger partial charge in [0.15, 0.2) is 6.29 Å². The van der Waals surface area contributed by atoms with E-state index >= 15 is 0 Å². The van der Waals surface area contributed by atoms with Gasteiger partial charge >= 0.3 is 0 Å². The fourth-order valence-corrected chi connectivity index (χ4v) is 2.79. The number of rotatable bonds is 4. The van der Waals surface area contributed by atoms with Crippen LogP contribution in [0.1, 0.15) is 41.8 Å². The third-order valence-corrected chi connectivity index (χ3v) is 3.90. The van der Waals surface area contributed by atoms with E-state index in [1.807, 2.05) is 5.38 Å². The summed E-state index contributed by atoms with van der Waals surface area (Å²) in [5.41, 5.74) is 1.51. The number of benzene rings is 1. The number of aromatic nitrogens is 1. The Morgan fingerprint density at radius 1 is 1.40 bits per heavy atom. The standard InChI is InChI=1S/C15H16ClNO2S/c1-15(2,3)12-9-20-13(17-12)8-19-14-10(7-18)5-4-6-11(14)16/h4-7,9H,8H2,1-3H3. The molecule has 1 aromatic carbocycles. The number of thiazole rings is 1. The monoisotopic (exact) mass is 309 g/mol. The van der Waals surface area contributed by atoms with Crippen molar-refractivity contribution in [3.05, 3.63) is 44.9 Å². The lowest BCUT2D eigenvalue weighted by molar-refractivity contribution is 0.111. The highest BCUT2D eigenvalue weighted by Crippen LogP contribution is 2.29. The van der Waals surface area contributed by atoms with Crippen LogP contribution in [0.15, 0.2) is 23.6 Å². The van der Waals surface area contributed by atoms with Gasteiger partial charge < -0.3 is 4.74 Å². The third-order valence-electron chi connectivity index (χ3n) is 2.78. The number of halogens is 1. The molecule has 0 bridgehead atoms. The van der Waals surface area contributed by atoms with Crippen molar-refractivity contribution in [2.45, 2.75) is 32.8 Å². The molecular weight excluding hydrogens is 294 g/mol. The number of para-hydroxylation sites is 1. The zero-order chi connectivity index (χ0) is 14.8. The van der Waals surface area contributed by atoms with Crippen LogP contribution in [0.2, 0.25) is 5.02 Å². The summed E-state index contributed by atoms with van der Waals surface area (Å²) in [6.07, 6.45) is 0.740. The molecule has 0 spiro atoms. The minimum Gasteiger partial charge on any atom is -0.484 e. The first-order valence-corrected chi connectivity index (χ1v) is 7.49. The van der Waals surface area contributed by atoms with E-state index in [0.29, 0.717) is 22.9 Å². The number of hydrogen-bond acceptors (Lipinski definition) is 4. The fraction of sp³-hybridized carbons (Fsp3) is 0.333. The summed E-state index contributed by atoms with van der Waals surface area (Å²) in [4.78, 5) is 15.5. The second-order valence-electron chi connectivity index (χ2n) is 5.44. The molecule has 0 atom stereocenters. The minimum absolute atomic E-state index is 0.0209. The van der Waals surface area contributed by atoms with E-state index in [1.165, 1.54) is 0 Å². The molecular formula is C15H16ClNO2S. The summed E-state index contributed by atoms with van der Waals surface area (Å²) in [7, 11) is 0. The number of carbonyl (C=O) groups is 1. The molecule has 0 aliphatic heterocycles. The SMILES string of the molecule is CC(C)(C)c1csc(COc2c(Cl)cccc2C=O)n1. The third kappa shape index (κ3) is 3.38. The molecule has 106 valence electrons. The zero-order valence-electron chi connectivity index (χ0n) is 11.6. The smallest absolute Gasteiger partial charge is 0.153 e. The quantitative estimate of drug-likeness (QED) is 0.781. The molecule has 0 aliphatic rings. The molecule has 0 amide bonds. The Hall–Kier alpha value is -1.39. The van der Waals surface area contributed by atoms with Gasteiger partial charge in [-0.2, -0.15) is 0 Å². The molecule has 1 aromatic heterocycles. The Morgan fingerprint density at radius 3 is 2.75 bits per heavy atom. The van der Waals surface area contributed by atoms with Gasteiger partial charge in [0, 0.05) is 10.8 Å². The second-order valence-corrected chi connectivity index (χ2v) is 6.79. The van der Waals surface area contributed by atoms with Crippen molar-refractivity contribution in [1.29, 1.82) is 0 Å². The Bertz CT molecular complexity index is 617. The van der Waals surface area contributed by atoms with Gasteiger partial charge in [-0.15, -0.1) is 11.3 Å². The van der Waals surface area contributed by atoms with Crippen molar-refractivity contribution in [2.75, 3.05) is 0 Å². The van der Waals surface area contributed by atoms with Gasteiger partial charge in [-0.05, 0) is 12.1 Å². The summed E-state index contributed by atoms with van der Waals surface area (Å²) in [5, 5.41) is 3.33. The Balaban J connectivity index is 2.13. The van der Waals surface area contributed by atoms with Crippen LogP contribution >= 0.6 is 22.9 Å². The van der Waals surface area contributed by atoms with Crippen molar-refractivity contribution in [2.24, 2.45) is 0 Å². The molecule has 0 fully saturated rings. The number of ether oxygens (including phenoxy) is 1. The van der Waals surface area contributed by atoms with Crippen LogP contribution in [0.5, 0.6) is 5.75 Å². The fourth-order valence-electron chi connectivity index (χ4n) is 1.63. The highest BCUT2D eigenvalue weighted by Gasteiger charge is 2.18. The van der Waals surface area contributed by atoms with Crippen LogP contribution in [0.4, 0.5) is 0 Å². The van der Waals surface area contributed by atoms with E-state index in [2.05, 4.69) is 25.8 Å². The first-order valence-electron chi connectivity index (χ1n) is 6.23. The maximum absolute atomic E-state index is 11.0. The summed E-state index contributed by atoms with van der Waals surface area (Å²) in [6.45, 7) is 6.66. The molecule has 0 unspecified atom stereocenters. The van der Waals surface area contributed by atoms with Gasteiger partial charge in [-0.25, -0.2) is 4.98 Å². The lowest BCUT2D eigenvalue weighted by Gasteiger charge is -2.14. The largest absolute Gasteiger partial charge is 0.484 e. The Kier molecular flexibility index (Phi) is 4.45. The van der Waals surface area contributed by atoms with E-state index in [9.17, 15) is 4.79 Å². The van der Waals surface area contributed by atoms with Crippen molar-refractivity contribution in [3.63, 3.8) is 0 Å². The van der Waals surface area contributed by atoms with Crippen LogP contribution in [0.25, 0.3) is 0 Å². The zero-order valence-corrected chi connectivity index (χ0v) is 13.2. The predicted molar refractivity (Wildman–Crippen MR) is 82.0 cm³/mol. The number of nitrogens with zero attached hydrogens (tertiary/aromatic N) is 1. The summed E-state index contributed by atoms with van der Waals surface area (Å²) in [5.74, 6) is 0.414. The summed E-state index contributed by atoms with van der Waals surface area (Å²) < 4.78 is 5.66. The van der Waals surface area contributed by atoms with Gasteiger partial charge in [-0.3, -0.25) is 4.79 Å². The Labute approximate surface area is 127 Å². The van der Waals surface area contributed by atoms with Gasteiger partial charge in [0.05, 0.1) is 16.3 Å². The normalized spacial score (nSPS) is 11.4. The highest BCUT2D eigenvalue weighted by molar-refractivity contribution is 7.09. The number of carbonyl (C=O) groups excluding carboxylic acids is 1. The van der Waals surface area contributed by atoms with Crippen LogP contribution < -0.4 is 4.74 Å². The number of hydrogen-bond donors (Lipinski definition) is 0. The van der Waals surface area contributed by atoms with Gasteiger partial charge in [0.1, 0.15) is 17.4 Å². The van der Waals surface area contributed by atoms with Crippen molar-refractivity contribution < 1.29 is 9.53 Å². The molecule has 0 N–H and O–H groups in total. The molecule has 2 aromatic rings. The van der Waals surface area contributed by atoms with Gasteiger partial charge in [0.2, 0.25) is 0 Å². The summed E-state index contributed by atoms with van der Waals surface area (Å²) >= 11 is 7.60. The van der Waals surface area contributed by atoms with E-state index in [0.717, 1.165) is 17.0 Å². The van der Waals surface area contributed by atoms with Crippen molar-refractivity contribution in [1.82, 2.24) is 4.98 Å². The lowest BCUT2D eigenvalue weighted by atomic mass is 9.93. The molecule has 20 heavy (non-hydrogen) atoms. The molecule has 0 saturated carbocycles.